The molecule has 0 aliphatic carbocycles. The second kappa shape index (κ2) is 9.19. The Hall–Kier alpha value is -3.24. The first-order chi connectivity index (χ1) is 16.3. The number of phenols is 1. The van der Waals surface area contributed by atoms with Gasteiger partial charge in [-0.2, -0.15) is 11.8 Å². The number of carbonyl (C=O) groups excluding carboxylic acids is 2. The third kappa shape index (κ3) is 3.67. The number of imide groups is 1. The quantitative estimate of drug-likeness (QED) is 0.482. The Morgan fingerprint density at radius 1 is 1.09 bits per heavy atom. The Morgan fingerprint density at radius 2 is 1.74 bits per heavy atom. The molecule has 34 heavy (non-hydrogen) atoms. The first-order valence-corrected chi connectivity index (χ1v) is 12.1. The number of anilines is 1. The van der Waals surface area contributed by atoms with Crippen LogP contribution in [0.15, 0.2) is 42.5 Å². The first-order valence-electron chi connectivity index (χ1n) is 10.7. The van der Waals surface area contributed by atoms with Crippen LogP contribution in [-0.4, -0.2) is 59.8 Å². The van der Waals surface area contributed by atoms with Gasteiger partial charge in [-0.05, 0) is 48.8 Å². The maximum atomic E-state index is 13.7. The van der Waals surface area contributed by atoms with Gasteiger partial charge in [0.15, 0.2) is 0 Å². The minimum absolute atomic E-state index is 0.132. The lowest BCUT2D eigenvalue weighted by molar-refractivity contribution is -0.148. The molecule has 2 aromatic carbocycles. The summed E-state index contributed by atoms with van der Waals surface area (Å²) in [7, 11) is 2.97. The number of amides is 2. The van der Waals surface area contributed by atoms with Gasteiger partial charge in [0, 0.05) is 17.7 Å². The van der Waals surface area contributed by atoms with Crippen molar-refractivity contribution in [3.8, 4) is 17.2 Å². The Morgan fingerprint density at radius 3 is 2.29 bits per heavy atom. The number of hydrogen-bond donors (Lipinski definition) is 3. The van der Waals surface area contributed by atoms with E-state index in [4.69, 9.17) is 9.47 Å². The summed E-state index contributed by atoms with van der Waals surface area (Å²) >= 11 is 1.45. The van der Waals surface area contributed by atoms with Crippen LogP contribution in [0.25, 0.3) is 0 Å². The van der Waals surface area contributed by atoms with Gasteiger partial charge in [0.2, 0.25) is 11.8 Å². The molecule has 0 bridgehead atoms. The van der Waals surface area contributed by atoms with Gasteiger partial charge in [-0.3, -0.25) is 19.7 Å². The number of aliphatic carboxylic acids is 1. The Balaban J connectivity index is 1.84. The van der Waals surface area contributed by atoms with E-state index in [0.717, 1.165) is 4.90 Å². The van der Waals surface area contributed by atoms with E-state index >= 15 is 0 Å². The molecule has 0 unspecified atom stereocenters. The number of methoxy groups -OCH3 is 2. The average Bonchev–Trinajstić information content (AvgIpc) is 3.31. The SMILES string of the molecule is COc1ccc(N2C(=O)[C@@H]3[C@H](c4ccc(OC)cc4O)N[C@](CCSC)(C(=O)O)[C@H]3C2=O)cc1. The van der Waals surface area contributed by atoms with Crippen LogP contribution in [0.2, 0.25) is 0 Å². The highest BCUT2D eigenvalue weighted by molar-refractivity contribution is 7.98. The molecule has 2 aromatic rings. The minimum Gasteiger partial charge on any atom is -0.507 e. The van der Waals surface area contributed by atoms with Crippen molar-refractivity contribution >= 4 is 35.2 Å². The maximum Gasteiger partial charge on any atom is 0.324 e. The van der Waals surface area contributed by atoms with Crippen LogP contribution in [0.1, 0.15) is 18.0 Å². The van der Waals surface area contributed by atoms with Gasteiger partial charge in [-0.15, -0.1) is 0 Å². The zero-order valence-electron chi connectivity index (χ0n) is 19.0. The highest BCUT2D eigenvalue weighted by Crippen LogP contribution is 2.52. The number of thioether (sulfide) groups is 1. The molecule has 4 rings (SSSR count). The number of aromatic hydroxyl groups is 1. The van der Waals surface area contributed by atoms with Crippen LogP contribution in [0.5, 0.6) is 17.2 Å². The zero-order valence-corrected chi connectivity index (χ0v) is 19.8. The lowest BCUT2D eigenvalue weighted by Crippen LogP contribution is -2.56. The molecule has 10 heteroatoms. The fourth-order valence-corrected chi connectivity index (χ4v) is 5.49. The van der Waals surface area contributed by atoms with E-state index in [9.17, 15) is 24.6 Å². The van der Waals surface area contributed by atoms with Crippen LogP contribution in [0, 0.1) is 11.8 Å². The van der Waals surface area contributed by atoms with Crippen molar-refractivity contribution < 1.29 is 34.1 Å². The average molecular weight is 487 g/mol. The summed E-state index contributed by atoms with van der Waals surface area (Å²) in [4.78, 5) is 41.1. The predicted molar refractivity (Wildman–Crippen MR) is 126 cm³/mol. The normalized spacial score (nSPS) is 26.0. The van der Waals surface area contributed by atoms with E-state index in [0.29, 0.717) is 28.5 Å². The van der Waals surface area contributed by atoms with E-state index in [-0.39, 0.29) is 12.2 Å². The molecule has 9 nitrogen and oxygen atoms in total. The minimum atomic E-state index is -1.67. The van der Waals surface area contributed by atoms with Crippen molar-refractivity contribution in [2.45, 2.75) is 18.0 Å². The molecule has 3 N–H and O–H groups in total. The summed E-state index contributed by atoms with van der Waals surface area (Å²) in [5.74, 6) is -3.15. The summed E-state index contributed by atoms with van der Waals surface area (Å²) in [6.07, 6.45) is 1.98. The van der Waals surface area contributed by atoms with Crippen molar-refractivity contribution in [1.82, 2.24) is 5.32 Å². The van der Waals surface area contributed by atoms with Crippen LogP contribution < -0.4 is 19.7 Å². The Kier molecular flexibility index (Phi) is 6.46. The molecule has 2 fully saturated rings. The number of fused-ring (bicyclic) bond motifs is 1. The molecule has 2 aliphatic rings. The third-order valence-electron chi connectivity index (χ3n) is 6.64. The van der Waals surface area contributed by atoms with Crippen LogP contribution in [0.4, 0.5) is 5.69 Å². The van der Waals surface area contributed by atoms with E-state index in [1.165, 1.54) is 32.0 Å². The molecule has 2 saturated heterocycles. The van der Waals surface area contributed by atoms with E-state index in [2.05, 4.69) is 5.32 Å². The molecular weight excluding hydrogens is 460 g/mol. The fourth-order valence-electron chi connectivity index (χ4n) is 4.97. The lowest BCUT2D eigenvalue weighted by Gasteiger charge is -2.31. The molecule has 2 amide bonds. The molecule has 0 saturated carbocycles. The number of rotatable bonds is 8. The van der Waals surface area contributed by atoms with Gasteiger partial charge in [0.25, 0.3) is 0 Å². The molecule has 2 heterocycles. The van der Waals surface area contributed by atoms with Crippen LogP contribution in [-0.2, 0) is 14.4 Å². The monoisotopic (exact) mass is 486 g/mol. The Labute approximate surface area is 201 Å². The lowest BCUT2D eigenvalue weighted by atomic mass is 9.78. The zero-order chi connectivity index (χ0) is 24.6. The number of hydrogen-bond acceptors (Lipinski definition) is 8. The first kappa shape index (κ1) is 23.9. The maximum absolute atomic E-state index is 13.7. The number of carboxylic acids is 1. The summed E-state index contributed by atoms with van der Waals surface area (Å²) in [6.45, 7) is 0. The summed E-state index contributed by atoms with van der Waals surface area (Å²) < 4.78 is 10.3. The van der Waals surface area contributed by atoms with Gasteiger partial charge in [-0.1, -0.05) is 6.07 Å². The fraction of sp³-hybridized carbons (Fsp3) is 0.375. The molecule has 0 aromatic heterocycles. The topological polar surface area (TPSA) is 125 Å². The molecule has 4 atom stereocenters. The number of nitrogens with one attached hydrogen (secondary N) is 1. The smallest absolute Gasteiger partial charge is 0.324 e. The standard InChI is InChI=1S/C24H26N2O7S/c1-32-14-6-4-13(5-7-14)26-21(28)18-19(22(26)29)24(23(30)31,10-11-34-3)25-20(18)16-9-8-15(33-2)12-17(16)27/h4-9,12,18-20,25,27H,10-11H2,1-3H3,(H,30,31)/t18-,19+,20-,24-/m0/s1. The summed E-state index contributed by atoms with van der Waals surface area (Å²) in [5, 5.41) is 24.1. The van der Waals surface area contributed by atoms with Crippen molar-refractivity contribution in [1.29, 1.82) is 0 Å². The molecule has 0 radical (unpaired) electrons. The van der Waals surface area contributed by atoms with Gasteiger partial charge < -0.3 is 19.7 Å². The number of benzene rings is 2. The van der Waals surface area contributed by atoms with E-state index in [1.54, 1.807) is 36.4 Å². The van der Waals surface area contributed by atoms with Crippen LogP contribution >= 0.6 is 11.8 Å². The molecule has 0 spiro atoms. The third-order valence-corrected chi connectivity index (χ3v) is 7.25. The van der Waals surface area contributed by atoms with Crippen molar-refractivity contribution in [3.05, 3.63) is 48.0 Å². The number of ether oxygens (including phenoxy) is 2. The van der Waals surface area contributed by atoms with E-state index in [1.807, 2.05) is 6.26 Å². The van der Waals surface area contributed by atoms with E-state index < -0.39 is 41.2 Å². The number of phenolic OH excluding ortho intramolecular Hbond substituents is 1. The number of nitrogens with zero attached hydrogens (tertiary/aromatic N) is 1. The highest BCUT2D eigenvalue weighted by Gasteiger charge is 2.68. The van der Waals surface area contributed by atoms with Gasteiger partial charge in [0.1, 0.15) is 22.8 Å². The van der Waals surface area contributed by atoms with Gasteiger partial charge in [-0.25, -0.2) is 4.90 Å². The summed E-state index contributed by atoms with van der Waals surface area (Å²) in [5.41, 5.74) is -0.994. The second-order valence-electron chi connectivity index (χ2n) is 8.28. The molecular formula is C24H26N2O7S. The van der Waals surface area contributed by atoms with Gasteiger partial charge >= 0.3 is 5.97 Å². The Bertz CT molecular complexity index is 1120. The molecule has 180 valence electrons. The van der Waals surface area contributed by atoms with Crippen LogP contribution in [0.3, 0.4) is 0 Å². The summed E-state index contributed by atoms with van der Waals surface area (Å²) in [6, 6.07) is 10.2. The second-order valence-corrected chi connectivity index (χ2v) is 9.27. The predicted octanol–water partition coefficient (Wildman–Crippen LogP) is 2.44. The van der Waals surface area contributed by atoms with Crippen molar-refractivity contribution in [2.75, 3.05) is 31.1 Å². The highest BCUT2D eigenvalue weighted by atomic mass is 32.2. The molecule has 2 aliphatic heterocycles. The van der Waals surface area contributed by atoms with Crippen molar-refractivity contribution in [3.63, 3.8) is 0 Å². The number of carbonyl (C=O) groups is 3. The van der Waals surface area contributed by atoms with Gasteiger partial charge in [0.05, 0.1) is 31.7 Å². The number of carboxylic acid groups (broad SMARTS) is 1. The largest absolute Gasteiger partial charge is 0.507 e. The van der Waals surface area contributed by atoms with Crippen molar-refractivity contribution in [2.24, 2.45) is 11.8 Å².